The minimum absolute atomic E-state index is 0.142. The van der Waals surface area contributed by atoms with E-state index in [0.29, 0.717) is 11.6 Å². The molecule has 2 rings (SSSR count). The fourth-order valence-corrected chi connectivity index (χ4v) is 4.40. The predicted molar refractivity (Wildman–Crippen MR) is 90.6 cm³/mol. The predicted octanol–water partition coefficient (Wildman–Crippen LogP) is 1.75. The lowest BCUT2D eigenvalue weighted by molar-refractivity contribution is -0.114. The minimum atomic E-state index is -3.67. The van der Waals surface area contributed by atoms with E-state index >= 15 is 0 Å². The summed E-state index contributed by atoms with van der Waals surface area (Å²) in [5, 5.41) is 2.65. The summed E-state index contributed by atoms with van der Waals surface area (Å²) in [7, 11) is -3.67. The molecular weight excluding hydrogens is 314 g/mol. The van der Waals surface area contributed by atoms with Gasteiger partial charge in [0, 0.05) is 25.2 Å². The van der Waals surface area contributed by atoms with Crippen LogP contribution in [0.4, 0.5) is 5.69 Å². The summed E-state index contributed by atoms with van der Waals surface area (Å²) in [4.78, 5) is 11.4. The van der Waals surface area contributed by atoms with Crippen molar-refractivity contribution >= 4 is 21.6 Å². The number of aryl methyl sites for hydroxylation is 1. The number of nitrogens with one attached hydrogen (secondary N) is 2. The van der Waals surface area contributed by atoms with Crippen molar-refractivity contribution in [1.29, 1.82) is 0 Å². The molecule has 23 heavy (non-hydrogen) atoms. The average molecular weight is 339 g/mol. The molecule has 1 atom stereocenters. The molecule has 1 aliphatic carbocycles. The maximum Gasteiger partial charge on any atom is 0.240 e. The van der Waals surface area contributed by atoms with Crippen LogP contribution in [0.25, 0.3) is 0 Å². The van der Waals surface area contributed by atoms with Crippen LogP contribution in [0.5, 0.6) is 0 Å². The Bertz CT molecular complexity index is 667. The molecule has 0 radical (unpaired) electrons. The third kappa shape index (κ3) is 4.53. The molecule has 128 valence electrons. The quantitative estimate of drug-likeness (QED) is 0.735. The molecule has 1 fully saturated rings. The Labute approximate surface area is 137 Å². The van der Waals surface area contributed by atoms with E-state index < -0.39 is 10.0 Å². The average Bonchev–Trinajstić information content (AvgIpc) is 3.00. The largest absolute Gasteiger partial charge is 0.329 e. The van der Waals surface area contributed by atoms with Gasteiger partial charge < -0.3 is 11.1 Å². The second-order valence-corrected chi connectivity index (χ2v) is 7.88. The Morgan fingerprint density at radius 1 is 1.35 bits per heavy atom. The zero-order valence-corrected chi connectivity index (χ0v) is 14.4. The minimum Gasteiger partial charge on any atom is -0.329 e. The number of hydrogen-bond donors (Lipinski definition) is 3. The molecular formula is C16H25N3O3S. The number of amides is 1. The van der Waals surface area contributed by atoms with E-state index in [4.69, 9.17) is 5.73 Å². The van der Waals surface area contributed by atoms with Crippen molar-refractivity contribution in [3.05, 3.63) is 23.8 Å². The van der Waals surface area contributed by atoms with E-state index in [1.165, 1.54) is 13.0 Å². The first kappa shape index (κ1) is 17.9. The van der Waals surface area contributed by atoms with Crippen LogP contribution in [-0.2, 0) is 14.8 Å². The summed E-state index contributed by atoms with van der Waals surface area (Å²) < 4.78 is 28.0. The lowest BCUT2D eigenvalue weighted by Gasteiger charge is -2.23. The smallest absolute Gasteiger partial charge is 0.240 e. The molecule has 1 aromatic rings. The Balaban J connectivity index is 2.22. The summed E-state index contributed by atoms with van der Waals surface area (Å²) in [6, 6.07) is 4.48. The molecule has 0 aliphatic heterocycles. The lowest BCUT2D eigenvalue weighted by atomic mass is 9.99. The van der Waals surface area contributed by atoms with Crippen molar-refractivity contribution in [3.63, 3.8) is 0 Å². The van der Waals surface area contributed by atoms with Gasteiger partial charge in [-0.2, -0.15) is 0 Å². The highest BCUT2D eigenvalue weighted by molar-refractivity contribution is 7.89. The van der Waals surface area contributed by atoms with Crippen LogP contribution in [-0.4, -0.2) is 26.9 Å². The van der Waals surface area contributed by atoms with Crippen LogP contribution in [0.15, 0.2) is 23.1 Å². The van der Waals surface area contributed by atoms with Gasteiger partial charge in [-0.25, -0.2) is 13.1 Å². The molecule has 1 amide bonds. The molecule has 1 aromatic carbocycles. The number of hydrogen-bond acceptors (Lipinski definition) is 4. The molecule has 1 unspecified atom stereocenters. The van der Waals surface area contributed by atoms with Gasteiger partial charge in [0.05, 0.1) is 4.90 Å². The first-order valence-electron chi connectivity index (χ1n) is 7.94. The molecule has 6 nitrogen and oxygen atoms in total. The van der Waals surface area contributed by atoms with Crippen LogP contribution in [0.3, 0.4) is 0 Å². The van der Waals surface area contributed by atoms with E-state index in [-0.39, 0.29) is 23.4 Å². The van der Waals surface area contributed by atoms with Crippen molar-refractivity contribution < 1.29 is 13.2 Å². The van der Waals surface area contributed by atoms with Crippen LogP contribution < -0.4 is 15.8 Å². The molecule has 4 N–H and O–H groups in total. The van der Waals surface area contributed by atoms with Gasteiger partial charge >= 0.3 is 0 Å². The first-order valence-corrected chi connectivity index (χ1v) is 9.42. The van der Waals surface area contributed by atoms with Crippen molar-refractivity contribution in [2.45, 2.75) is 50.5 Å². The maximum atomic E-state index is 12.6. The van der Waals surface area contributed by atoms with Crippen molar-refractivity contribution in [2.75, 3.05) is 11.9 Å². The van der Waals surface area contributed by atoms with Gasteiger partial charge in [-0.1, -0.05) is 18.9 Å². The number of sulfonamides is 1. The summed E-state index contributed by atoms with van der Waals surface area (Å²) in [5.41, 5.74) is 7.09. The molecule has 1 saturated carbocycles. The Kier molecular flexibility index (Phi) is 5.78. The highest BCUT2D eigenvalue weighted by atomic mass is 32.2. The van der Waals surface area contributed by atoms with Gasteiger partial charge in [0.2, 0.25) is 15.9 Å². The fourth-order valence-electron chi connectivity index (χ4n) is 3.06. The zero-order valence-electron chi connectivity index (χ0n) is 13.6. The molecule has 7 heteroatoms. The number of carbonyl (C=O) groups excluding carboxylic acids is 1. The van der Waals surface area contributed by atoms with Gasteiger partial charge in [0.15, 0.2) is 0 Å². The third-order valence-electron chi connectivity index (χ3n) is 4.36. The van der Waals surface area contributed by atoms with E-state index in [9.17, 15) is 13.2 Å². The fraction of sp³-hybridized carbons (Fsp3) is 0.562. The van der Waals surface area contributed by atoms with Crippen LogP contribution in [0.2, 0.25) is 0 Å². The number of nitrogens with two attached hydrogens (primary N) is 1. The van der Waals surface area contributed by atoms with Crippen molar-refractivity contribution in [3.8, 4) is 0 Å². The summed E-state index contributed by atoms with van der Waals surface area (Å²) >= 11 is 0. The van der Waals surface area contributed by atoms with Gasteiger partial charge in [-0.05, 0) is 43.4 Å². The first-order chi connectivity index (χ1) is 10.8. The summed E-state index contributed by atoms with van der Waals surface area (Å²) in [6.07, 6.45) is 4.27. The zero-order chi connectivity index (χ0) is 17.0. The highest BCUT2D eigenvalue weighted by Crippen LogP contribution is 2.28. The Morgan fingerprint density at radius 2 is 2.00 bits per heavy atom. The van der Waals surface area contributed by atoms with E-state index in [1.54, 1.807) is 12.1 Å². The molecule has 0 heterocycles. The standard InChI is InChI=1S/C16H25N3O3S/c1-11-7-8-14(9-15(11)18-12(2)20)23(21,22)19-16(10-17)13-5-3-4-6-13/h7-9,13,16,19H,3-6,10,17H2,1-2H3,(H,18,20). The monoisotopic (exact) mass is 339 g/mol. The maximum absolute atomic E-state index is 12.6. The van der Waals surface area contributed by atoms with Crippen LogP contribution in [0.1, 0.15) is 38.2 Å². The number of carbonyl (C=O) groups is 1. The SMILES string of the molecule is CC(=O)Nc1cc(S(=O)(=O)NC(CN)C2CCCC2)ccc1C. The normalized spacial score (nSPS) is 17.2. The van der Waals surface area contributed by atoms with Crippen LogP contribution in [0, 0.1) is 12.8 Å². The molecule has 0 bridgehead atoms. The summed E-state index contributed by atoms with van der Waals surface area (Å²) in [6.45, 7) is 3.49. The van der Waals surface area contributed by atoms with Gasteiger partial charge in [0.25, 0.3) is 0 Å². The van der Waals surface area contributed by atoms with Crippen LogP contribution >= 0.6 is 0 Å². The topological polar surface area (TPSA) is 101 Å². The number of rotatable bonds is 6. The molecule has 0 spiro atoms. The third-order valence-corrected chi connectivity index (χ3v) is 5.85. The van der Waals surface area contributed by atoms with Crippen molar-refractivity contribution in [1.82, 2.24) is 4.72 Å². The summed E-state index contributed by atoms with van der Waals surface area (Å²) in [5.74, 6) is 0.0661. The van der Waals surface area contributed by atoms with Gasteiger partial charge in [-0.15, -0.1) is 0 Å². The van der Waals surface area contributed by atoms with Crippen molar-refractivity contribution in [2.24, 2.45) is 11.7 Å². The Morgan fingerprint density at radius 3 is 2.57 bits per heavy atom. The highest BCUT2D eigenvalue weighted by Gasteiger charge is 2.28. The molecule has 0 saturated heterocycles. The molecule has 0 aromatic heterocycles. The Hall–Kier alpha value is -1.44. The second kappa shape index (κ2) is 7.42. The van der Waals surface area contributed by atoms with E-state index in [1.807, 2.05) is 6.92 Å². The number of anilines is 1. The van der Waals surface area contributed by atoms with Gasteiger partial charge in [0.1, 0.15) is 0 Å². The lowest BCUT2D eigenvalue weighted by Crippen LogP contribution is -2.44. The second-order valence-electron chi connectivity index (χ2n) is 6.17. The number of benzene rings is 1. The van der Waals surface area contributed by atoms with Gasteiger partial charge in [-0.3, -0.25) is 4.79 Å². The van der Waals surface area contributed by atoms with E-state index in [2.05, 4.69) is 10.0 Å². The van der Waals surface area contributed by atoms with E-state index in [0.717, 1.165) is 31.2 Å². The molecule has 1 aliphatic rings.